The third-order valence-corrected chi connectivity index (χ3v) is 10.5. The molecular formula is C23H33NO4S. The Morgan fingerprint density at radius 1 is 1.10 bits per heavy atom. The van der Waals surface area contributed by atoms with Crippen molar-refractivity contribution in [3.8, 4) is 5.75 Å². The summed E-state index contributed by atoms with van der Waals surface area (Å²) in [6.07, 6.45) is 5.33. The second-order valence-corrected chi connectivity index (χ2v) is 12.6. The van der Waals surface area contributed by atoms with Gasteiger partial charge in [0.1, 0.15) is 5.75 Å². The fraction of sp³-hybridized carbons (Fsp3) is 0.696. The number of rotatable bonds is 1. The molecule has 5 nitrogen and oxygen atoms in total. The van der Waals surface area contributed by atoms with Crippen LogP contribution in [0.5, 0.6) is 5.75 Å². The summed E-state index contributed by atoms with van der Waals surface area (Å²) in [6.45, 7) is 9.16. The molecule has 1 heterocycles. The van der Waals surface area contributed by atoms with Crippen molar-refractivity contribution in [2.24, 2.45) is 22.7 Å². The van der Waals surface area contributed by atoms with Gasteiger partial charge in [0.05, 0.1) is 16.2 Å². The molecule has 160 valence electrons. The van der Waals surface area contributed by atoms with Gasteiger partial charge >= 0.3 is 0 Å². The van der Waals surface area contributed by atoms with E-state index in [1.165, 1.54) is 19.5 Å². The van der Waals surface area contributed by atoms with Crippen LogP contribution < -0.4 is 5.32 Å². The van der Waals surface area contributed by atoms with E-state index < -0.39 is 15.7 Å². The summed E-state index contributed by atoms with van der Waals surface area (Å²) in [6, 6.07) is 2.95. The van der Waals surface area contributed by atoms with Crippen LogP contribution in [0.2, 0.25) is 0 Å². The second-order valence-electron chi connectivity index (χ2n) is 10.6. The number of aromatic hydroxyl groups is 1. The summed E-state index contributed by atoms with van der Waals surface area (Å²) in [5.41, 5.74) is 0.703. The highest BCUT2D eigenvalue weighted by molar-refractivity contribution is 7.91. The minimum Gasteiger partial charge on any atom is -0.507 e. The number of hydrogen-bond acceptors (Lipinski definition) is 4. The summed E-state index contributed by atoms with van der Waals surface area (Å²) < 4.78 is 26.7. The Hall–Kier alpha value is -1.56. The van der Waals surface area contributed by atoms with Gasteiger partial charge in [-0.05, 0) is 71.5 Å². The molecule has 2 aliphatic carbocycles. The van der Waals surface area contributed by atoms with Gasteiger partial charge in [0.25, 0.3) is 5.91 Å². The maximum Gasteiger partial charge on any atom is 0.254 e. The molecule has 1 amide bonds. The number of benzene rings is 1. The number of fused-ring (bicyclic) bond motifs is 5. The molecule has 0 aromatic heterocycles. The van der Waals surface area contributed by atoms with Gasteiger partial charge in [0.2, 0.25) is 0 Å². The molecule has 4 rings (SSSR count). The summed E-state index contributed by atoms with van der Waals surface area (Å²) in [4.78, 5) is 12.5. The Morgan fingerprint density at radius 3 is 2.45 bits per heavy atom. The van der Waals surface area contributed by atoms with Gasteiger partial charge in [-0.2, -0.15) is 0 Å². The molecule has 0 spiro atoms. The maximum atomic E-state index is 13.3. The fourth-order valence-corrected chi connectivity index (χ4v) is 9.53. The van der Waals surface area contributed by atoms with Crippen molar-refractivity contribution < 1.29 is 18.3 Å². The zero-order chi connectivity index (χ0) is 21.4. The number of hydrogen-bond donors (Lipinski definition) is 2. The first kappa shape index (κ1) is 20.7. The molecule has 0 bridgehead atoms. The first-order chi connectivity index (χ1) is 13.4. The second kappa shape index (κ2) is 6.22. The van der Waals surface area contributed by atoms with E-state index >= 15 is 0 Å². The van der Waals surface area contributed by atoms with E-state index in [9.17, 15) is 18.3 Å². The Balaban J connectivity index is 1.93. The van der Waals surface area contributed by atoms with Crippen LogP contribution in [0.25, 0.3) is 0 Å². The standard InChI is InChI=1S/C23H33NO4S/c1-21(2)8-6-9-23(4)18(21)7-10-22(3)15-11-14(20(26)24-5)16(25)12-17(15)29(27,28)13-19(22)23/h11-12,18-19,25H,6-10,13H2,1-5H3,(H,24,26). The Bertz CT molecular complexity index is 983. The first-order valence-electron chi connectivity index (χ1n) is 10.7. The summed E-state index contributed by atoms with van der Waals surface area (Å²) in [5, 5.41) is 12.9. The van der Waals surface area contributed by atoms with Gasteiger partial charge in [0, 0.05) is 7.05 Å². The van der Waals surface area contributed by atoms with Gasteiger partial charge in [-0.25, -0.2) is 8.42 Å². The van der Waals surface area contributed by atoms with Gasteiger partial charge < -0.3 is 10.4 Å². The summed E-state index contributed by atoms with van der Waals surface area (Å²) in [5.74, 6) is -0.0419. The monoisotopic (exact) mass is 419 g/mol. The molecule has 1 aromatic carbocycles. The Labute approximate surface area is 174 Å². The predicted molar refractivity (Wildman–Crippen MR) is 113 cm³/mol. The molecule has 3 aliphatic rings. The molecule has 2 saturated carbocycles. The molecule has 2 fully saturated rings. The van der Waals surface area contributed by atoms with E-state index in [0.29, 0.717) is 11.5 Å². The summed E-state index contributed by atoms with van der Waals surface area (Å²) in [7, 11) is -2.03. The van der Waals surface area contributed by atoms with Gasteiger partial charge in [-0.1, -0.05) is 34.1 Å². The van der Waals surface area contributed by atoms with E-state index in [4.69, 9.17) is 0 Å². The number of sulfone groups is 1. The van der Waals surface area contributed by atoms with Crippen molar-refractivity contribution >= 4 is 15.7 Å². The van der Waals surface area contributed by atoms with Crippen LogP contribution in [0.4, 0.5) is 0 Å². The zero-order valence-electron chi connectivity index (χ0n) is 18.1. The molecular weight excluding hydrogens is 386 g/mol. The molecule has 2 N–H and O–H groups in total. The van der Waals surface area contributed by atoms with Crippen LogP contribution in [-0.2, 0) is 15.3 Å². The molecule has 1 aromatic rings. The van der Waals surface area contributed by atoms with Gasteiger partial charge in [0.15, 0.2) is 9.84 Å². The van der Waals surface area contributed by atoms with E-state index in [1.807, 2.05) is 0 Å². The molecule has 0 saturated heterocycles. The smallest absolute Gasteiger partial charge is 0.254 e. The van der Waals surface area contributed by atoms with E-state index in [0.717, 1.165) is 25.7 Å². The van der Waals surface area contributed by atoms with Crippen molar-refractivity contribution in [2.75, 3.05) is 12.8 Å². The molecule has 29 heavy (non-hydrogen) atoms. The van der Waals surface area contributed by atoms with Crippen molar-refractivity contribution in [3.63, 3.8) is 0 Å². The zero-order valence-corrected chi connectivity index (χ0v) is 18.9. The van der Waals surface area contributed by atoms with Crippen LogP contribution in [0.1, 0.15) is 75.7 Å². The molecule has 0 radical (unpaired) electrons. The first-order valence-corrected chi connectivity index (χ1v) is 12.3. The highest BCUT2D eigenvalue weighted by Crippen LogP contribution is 2.66. The lowest BCUT2D eigenvalue weighted by Crippen LogP contribution is -2.59. The fourth-order valence-electron chi connectivity index (χ4n) is 7.24. The van der Waals surface area contributed by atoms with Gasteiger partial charge in [-0.15, -0.1) is 0 Å². The number of phenolic OH excluding ortho intramolecular Hbond substituents is 1. The lowest BCUT2D eigenvalue weighted by Gasteiger charge is -2.63. The van der Waals surface area contributed by atoms with E-state index in [-0.39, 0.29) is 44.1 Å². The van der Waals surface area contributed by atoms with Crippen molar-refractivity contribution in [1.82, 2.24) is 5.32 Å². The Morgan fingerprint density at radius 2 is 1.79 bits per heavy atom. The third kappa shape index (κ3) is 2.77. The van der Waals surface area contributed by atoms with Gasteiger partial charge in [-0.3, -0.25) is 4.79 Å². The minimum atomic E-state index is -3.54. The van der Waals surface area contributed by atoms with E-state index in [2.05, 4.69) is 33.0 Å². The summed E-state index contributed by atoms with van der Waals surface area (Å²) >= 11 is 0. The molecule has 4 unspecified atom stereocenters. The molecule has 1 aliphatic heterocycles. The average Bonchev–Trinajstić information content (AvgIpc) is 2.62. The quantitative estimate of drug-likeness (QED) is 0.720. The Kier molecular flexibility index (Phi) is 4.44. The lowest BCUT2D eigenvalue weighted by molar-refractivity contribution is -0.0981. The van der Waals surface area contributed by atoms with Crippen LogP contribution in [0, 0.1) is 22.7 Å². The number of carbonyl (C=O) groups excluding carboxylic acids is 1. The minimum absolute atomic E-state index is 0.00732. The lowest BCUT2D eigenvalue weighted by atomic mass is 9.43. The van der Waals surface area contributed by atoms with Crippen molar-refractivity contribution in [1.29, 1.82) is 0 Å². The van der Waals surface area contributed by atoms with Crippen molar-refractivity contribution in [2.45, 2.75) is 70.1 Å². The average molecular weight is 420 g/mol. The maximum absolute atomic E-state index is 13.3. The third-order valence-electron chi connectivity index (χ3n) is 8.70. The normalized spacial score (nSPS) is 37.0. The van der Waals surface area contributed by atoms with Crippen molar-refractivity contribution in [3.05, 3.63) is 23.3 Å². The SMILES string of the molecule is CNC(=O)c1cc2c(cc1O)S(=O)(=O)CC1C2(C)CCC2C(C)(C)CCCC21C. The number of nitrogens with one attached hydrogen (secondary N) is 1. The predicted octanol–water partition coefficient (Wildman–Crippen LogP) is 4.04. The molecule has 6 heteroatoms. The van der Waals surface area contributed by atoms with Crippen LogP contribution in [0.3, 0.4) is 0 Å². The largest absolute Gasteiger partial charge is 0.507 e. The topological polar surface area (TPSA) is 83.5 Å². The number of amides is 1. The number of phenols is 1. The molecule has 4 atom stereocenters. The van der Waals surface area contributed by atoms with Crippen LogP contribution in [0.15, 0.2) is 17.0 Å². The highest BCUT2D eigenvalue weighted by Gasteiger charge is 2.62. The van der Waals surface area contributed by atoms with Crippen LogP contribution in [-0.4, -0.2) is 32.2 Å². The highest BCUT2D eigenvalue weighted by atomic mass is 32.2. The van der Waals surface area contributed by atoms with Crippen LogP contribution >= 0.6 is 0 Å². The van der Waals surface area contributed by atoms with E-state index in [1.54, 1.807) is 6.07 Å². The number of carbonyl (C=O) groups is 1.